The van der Waals surface area contributed by atoms with Gasteiger partial charge in [0, 0.05) is 19.7 Å². The minimum absolute atomic E-state index is 0.0880. The lowest BCUT2D eigenvalue weighted by molar-refractivity contribution is -0.148. The average molecular weight is 444 g/mol. The highest BCUT2D eigenvalue weighted by Crippen LogP contribution is 2.40. The normalized spacial score (nSPS) is 26.0. The van der Waals surface area contributed by atoms with E-state index in [2.05, 4.69) is 10.3 Å². The van der Waals surface area contributed by atoms with Crippen LogP contribution in [0.4, 0.5) is 5.82 Å². The van der Waals surface area contributed by atoms with Gasteiger partial charge in [-0.15, -0.1) is 0 Å². The molecule has 1 aromatic rings. The monoisotopic (exact) mass is 444 g/mol. The molecule has 5 N–H and O–H groups in total. The lowest BCUT2D eigenvalue weighted by Gasteiger charge is -2.35. The van der Waals surface area contributed by atoms with Crippen molar-refractivity contribution in [3.05, 3.63) is 18.3 Å². The number of carbonyl (C=O) groups is 4. The molecular formula is C21H28N6O5. The van der Waals surface area contributed by atoms with E-state index in [1.165, 1.54) is 23.0 Å². The zero-order valence-electron chi connectivity index (χ0n) is 18.1. The lowest BCUT2D eigenvalue weighted by Crippen LogP contribution is -2.57. The van der Waals surface area contributed by atoms with E-state index >= 15 is 0 Å². The van der Waals surface area contributed by atoms with Crippen molar-refractivity contribution < 1.29 is 23.9 Å². The topological polar surface area (TPSA) is 161 Å². The molecule has 2 aliphatic heterocycles. The number of nitrogens with two attached hydrogens (primary N) is 2. The first-order valence-corrected chi connectivity index (χ1v) is 10.7. The molecule has 1 saturated heterocycles. The molecule has 1 aliphatic carbocycles. The molecule has 0 bridgehead atoms. The number of likely N-dealkylation sites (N-methyl/N-ethyl adjacent to an activating group) is 1. The summed E-state index contributed by atoms with van der Waals surface area (Å²) >= 11 is 0. The molecule has 4 amide bonds. The van der Waals surface area contributed by atoms with Crippen molar-refractivity contribution in [2.24, 2.45) is 17.4 Å². The number of nitrogens with one attached hydrogen (secondary N) is 1. The zero-order valence-corrected chi connectivity index (χ0v) is 18.1. The number of fused-ring (bicyclic) bond motifs is 1. The molecule has 0 radical (unpaired) electrons. The van der Waals surface area contributed by atoms with Gasteiger partial charge in [-0.05, 0) is 31.4 Å². The smallest absolute Gasteiger partial charge is 0.271 e. The highest BCUT2D eigenvalue weighted by molar-refractivity contribution is 6.02. The molecule has 1 aromatic heterocycles. The van der Waals surface area contributed by atoms with Crippen LogP contribution in [0, 0.1) is 5.92 Å². The van der Waals surface area contributed by atoms with Gasteiger partial charge in [0.15, 0.2) is 11.6 Å². The number of aromatic nitrogens is 1. The number of amides is 4. The summed E-state index contributed by atoms with van der Waals surface area (Å²) in [5.74, 6) is -1.11. The van der Waals surface area contributed by atoms with Crippen LogP contribution >= 0.6 is 0 Å². The summed E-state index contributed by atoms with van der Waals surface area (Å²) in [5, 5.41) is 2.69. The molecule has 0 aromatic carbocycles. The molecule has 4 atom stereocenters. The summed E-state index contributed by atoms with van der Waals surface area (Å²) in [6.07, 6.45) is 3.84. The predicted molar refractivity (Wildman–Crippen MR) is 113 cm³/mol. The number of anilines is 1. The summed E-state index contributed by atoms with van der Waals surface area (Å²) in [6, 6.07) is 0.680. The first-order chi connectivity index (χ1) is 15.1. The molecule has 4 rings (SSSR count). The van der Waals surface area contributed by atoms with E-state index in [0.29, 0.717) is 18.1 Å². The lowest BCUT2D eigenvalue weighted by atomic mass is 9.97. The number of carbonyl (C=O) groups excluding carboxylic acids is 4. The van der Waals surface area contributed by atoms with Crippen molar-refractivity contribution in [2.45, 2.75) is 56.3 Å². The van der Waals surface area contributed by atoms with Gasteiger partial charge in [0.1, 0.15) is 12.1 Å². The van der Waals surface area contributed by atoms with E-state index in [-0.39, 0.29) is 24.7 Å². The van der Waals surface area contributed by atoms with Gasteiger partial charge < -0.3 is 31.3 Å². The first kappa shape index (κ1) is 22.0. The SMILES string of the molecule is CC(N)C(=O)N(C)C(CC1CC1)C(=O)N1C[C@@]2(C[C@H]1C(N)=O)Oc1cccnc1NC2=O. The largest absolute Gasteiger partial charge is 0.472 e. The Morgan fingerprint density at radius 1 is 1.41 bits per heavy atom. The summed E-state index contributed by atoms with van der Waals surface area (Å²) in [4.78, 5) is 58.1. The Hall–Kier alpha value is -3.21. The Bertz CT molecular complexity index is 964. The van der Waals surface area contributed by atoms with Crippen LogP contribution in [0.1, 0.15) is 32.6 Å². The van der Waals surface area contributed by atoms with Gasteiger partial charge in [0.25, 0.3) is 5.91 Å². The van der Waals surface area contributed by atoms with Crippen LogP contribution in [0.3, 0.4) is 0 Å². The third-order valence-corrected chi connectivity index (χ3v) is 6.40. The average Bonchev–Trinajstić information content (AvgIpc) is 3.49. The molecule has 11 heteroatoms. The zero-order chi connectivity index (χ0) is 23.2. The van der Waals surface area contributed by atoms with Crippen molar-refractivity contribution in [3.63, 3.8) is 0 Å². The molecule has 2 unspecified atom stereocenters. The molecule has 32 heavy (non-hydrogen) atoms. The number of hydrogen-bond acceptors (Lipinski definition) is 7. The molecule has 3 aliphatic rings. The fourth-order valence-electron chi connectivity index (χ4n) is 4.40. The molecular weight excluding hydrogens is 416 g/mol. The maximum Gasteiger partial charge on any atom is 0.271 e. The van der Waals surface area contributed by atoms with E-state index < -0.39 is 41.4 Å². The van der Waals surface area contributed by atoms with E-state index in [4.69, 9.17) is 16.2 Å². The summed E-state index contributed by atoms with van der Waals surface area (Å²) in [5.41, 5.74) is 9.90. The van der Waals surface area contributed by atoms with Gasteiger partial charge >= 0.3 is 0 Å². The van der Waals surface area contributed by atoms with Crippen LogP contribution in [0.15, 0.2) is 18.3 Å². The fourth-order valence-corrected chi connectivity index (χ4v) is 4.40. The number of pyridine rings is 1. The number of likely N-dealkylation sites (tertiary alicyclic amines) is 1. The van der Waals surface area contributed by atoms with Crippen molar-refractivity contribution >= 4 is 29.4 Å². The minimum atomic E-state index is -1.47. The van der Waals surface area contributed by atoms with Crippen molar-refractivity contribution in [1.82, 2.24) is 14.8 Å². The van der Waals surface area contributed by atoms with Gasteiger partial charge in [-0.25, -0.2) is 4.98 Å². The summed E-state index contributed by atoms with van der Waals surface area (Å²) < 4.78 is 6.00. The van der Waals surface area contributed by atoms with Gasteiger partial charge in [-0.2, -0.15) is 0 Å². The second-order valence-corrected chi connectivity index (χ2v) is 8.92. The number of ether oxygens (including phenoxy) is 1. The second-order valence-electron chi connectivity index (χ2n) is 8.92. The van der Waals surface area contributed by atoms with E-state index in [9.17, 15) is 19.2 Å². The van der Waals surface area contributed by atoms with Gasteiger partial charge in [-0.3, -0.25) is 19.2 Å². The number of nitrogens with zero attached hydrogens (tertiary/aromatic N) is 3. The summed E-state index contributed by atoms with van der Waals surface area (Å²) in [7, 11) is 1.54. The third kappa shape index (κ3) is 3.88. The van der Waals surface area contributed by atoms with Crippen molar-refractivity contribution in [1.29, 1.82) is 0 Å². The van der Waals surface area contributed by atoms with E-state index in [0.717, 1.165) is 12.8 Å². The highest BCUT2D eigenvalue weighted by atomic mass is 16.5. The summed E-state index contributed by atoms with van der Waals surface area (Å²) in [6.45, 7) is 1.39. The minimum Gasteiger partial charge on any atom is -0.472 e. The number of hydrogen-bond donors (Lipinski definition) is 3. The Kier molecular flexibility index (Phi) is 5.53. The Balaban J connectivity index is 1.63. The number of primary amides is 1. The molecule has 2 fully saturated rings. The maximum absolute atomic E-state index is 13.7. The van der Waals surface area contributed by atoms with Gasteiger partial charge in [0.05, 0.1) is 12.6 Å². The van der Waals surface area contributed by atoms with Crippen LogP contribution in [0.2, 0.25) is 0 Å². The van der Waals surface area contributed by atoms with E-state index in [1.54, 1.807) is 19.1 Å². The Morgan fingerprint density at radius 2 is 2.12 bits per heavy atom. The van der Waals surface area contributed by atoms with E-state index in [1.807, 2.05) is 0 Å². The maximum atomic E-state index is 13.7. The fraction of sp³-hybridized carbons (Fsp3) is 0.571. The van der Waals surface area contributed by atoms with Crippen LogP contribution in [-0.4, -0.2) is 75.7 Å². The standard InChI is InChI=1S/C21H28N6O5/c1-11(22)18(29)26(2)13(8-12-5-6-12)19(30)27-10-21(9-14(27)16(23)28)20(31)25-17-15(32-21)4-3-7-24-17/h3-4,7,11-14H,5-6,8-10,22H2,1-2H3,(H2,23,28)(H,24,25,31)/t11?,13?,14-,21+/m0/s1. The third-order valence-electron chi connectivity index (χ3n) is 6.40. The Morgan fingerprint density at radius 3 is 2.75 bits per heavy atom. The molecule has 1 spiro atoms. The van der Waals surface area contributed by atoms with Crippen LogP contribution < -0.4 is 21.5 Å². The molecule has 3 heterocycles. The second kappa shape index (κ2) is 8.05. The quantitative estimate of drug-likeness (QED) is 0.518. The van der Waals surface area contributed by atoms with Gasteiger partial charge in [-0.1, -0.05) is 12.8 Å². The Labute approximate surface area is 185 Å². The van der Waals surface area contributed by atoms with Crippen LogP contribution in [0.25, 0.3) is 0 Å². The van der Waals surface area contributed by atoms with Crippen LogP contribution in [0.5, 0.6) is 5.75 Å². The molecule has 1 saturated carbocycles. The molecule has 11 nitrogen and oxygen atoms in total. The van der Waals surface area contributed by atoms with Crippen molar-refractivity contribution in [3.8, 4) is 5.75 Å². The first-order valence-electron chi connectivity index (χ1n) is 10.7. The highest BCUT2D eigenvalue weighted by Gasteiger charge is 2.57. The molecule has 172 valence electrons. The van der Waals surface area contributed by atoms with Gasteiger partial charge in [0.2, 0.25) is 23.3 Å². The van der Waals surface area contributed by atoms with Crippen molar-refractivity contribution in [2.75, 3.05) is 18.9 Å². The predicted octanol–water partition coefficient (Wildman–Crippen LogP) is -0.788. The van der Waals surface area contributed by atoms with Crippen LogP contribution in [-0.2, 0) is 19.2 Å². The number of rotatable bonds is 6.